The molecule has 88 valence electrons. The maximum absolute atomic E-state index is 9.05. The Hall–Kier alpha value is -1.80. The number of aliphatic hydroxyl groups excluding tert-OH is 1. The summed E-state index contributed by atoms with van der Waals surface area (Å²) in [4.78, 5) is 0. The minimum Gasteiger partial charge on any atom is -0.396 e. The normalized spacial score (nSPS) is 10.2. The molecule has 0 aromatic heterocycles. The summed E-state index contributed by atoms with van der Waals surface area (Å²) in [7, 11) is 0. The van der Waals surface area contributed by atoms with Crippen LogP contribution in [0.2, 0.25) is 0 Å². The fourth-order valence-electron chi connectivity index (χ4n) is 1.82. The van der Waals surface area contributed by atoms with Crippen molar-refractivity contribution in [1.82, 2.24) is 0 Å². The van der Waals surface area contributed by atoms with Crippen molar-refractivity contribution in [1.29, 1.82) is 0 Å². The molecule has 2 rings (SSSR count). The van der Waals surface area contributed by atoms with E-state index in [0.29, 0.717) is 6.42 Å². The molecule has 0 heterocycles. The van der Waals surface area contributed by atoms with Crippen molar-refractivity contribution in [3.05, 3.63) is 59.7 Å². The standard InChI is InChI=1S/C15H17NO/c1-12-7-8-13(9-10-17)15(11-12)16-14-5-3-2-4-6-14/h2-8,11,16-17H,9-10H2,1H3. The van der Waals surface area contributed by atoms with E-state index >= 15 is 0 Å². The van der Waals surface area contributed by atoms with Crippen LogP contribution in [0, 0.1) is 6.92 Å². The van der Waals surface area contributed by atoms with Crippen LogP contribution in [0.3, 0.4) is 0 Å². The van der Waals surface area contributed by atoms with Gasteiger partial charge < -0.3 is 10.4 Å². The van der Waals surface area contributed by atoms with Crippen LogP contribution in [0.4, 0.5) is 11.4 Å². The topological polar surface area (TPSA) is 32.3 Å². The van der Waals surface area contributed by atoms with Crippen LogP contribution in [-0.2, 0) is 6.42 Å². The Labute approximate surface area is 102 Å². The van der Waals surface area contributed by atoms with Gasteiger partial charge in [-0.3, -0.25) is 0 Å². The Kier molecular flexibility index (Phi) is 3.78. The molecule has 0 aliphatic heterocycles. The molecule has 17 heavy (non-hydrogen) atoms. The van der Waals surface area contributed by atoms with Crippen molar-refractivity contribution >= 4 is 11.4 Å². The largest absolute Gasteiger partial charge is 0.396 e. The summed E-state index contributed by atoms with van der Waals surface area (Å²) >= 11 is 0. The predicted octanol–water partition coefficient (Wildman–Crippen LogP) is 3.27. The van der Waals surface area contributed by atoms with Gasteiger partial charge in [-0.2, -0.15) is 0 Å². The van der Waals surface area contributed by atoms with Crippen molar-refractivity contribution in [2.24, 2.45) is 0 Å². The molecular weight excluding hydrogens is 210 g/mol. The van der Waals surface area contributed by atoms with Gasteiger partial charge in [0.2, 0.25) is 0 Å². The van der Waals surface area contributed by atoms with Gasteiger partial charge in [-0.25, -0.2) is 0 Å². The van der Waals surface area contributed by atoms with Gasteiger partial charge in [-0.1, -0.05) is 30.3 Å². The van der Waals surface area contributed by atoms with E-state index in [4.69, 9.17) is 5.11 Å². The molecule has 0 atom stereocenters. The fourth-order valence-corrected chi connectivity index (χ4v) is 1.82. The molecule has 0 spiro atoms. The second kappa shape index (κ2) is 5.51. The lowest BCUT2D eigenvalue weighted by atomic mass is 10.1. The predicted molar refractivity (Wildman–Crippen MR) is 71.7 cm³/mol. The maximum Gasteiger partial charge on any atom is 0.0472 e. The minimum absolute atomic E-state index is 0.173. The van der Waals surface area contributed by atoms with Gasteiger partial charge in [0.1, 0.15) is 0 Å². The number of aliphatic hydroxyl groups is 1. The Balaban J connectivity index is 2.27. The molecule has 2 aromatic rings. The molecule has 0 aliphatic rings. The third-order valence-corrected chi connectivity index (χ3v) is 2.70. The molecule has 0 fully saturated rings. The van der Waals surface area contributed by atoms with E-state index in [1.54, 1.807) is 0 Å². The number of hydrogen-bond acceptors (Lipinski definition) is 2. The van der Waals surface area contributed by atoms with E-state index in [-0.39, 0.29) is 6.61 Å². The second-order valence-electron chi connectivity index (χ2n) is 4.13. The zero-order valence-corrected chi connectivity index (χ0v) is 9.98. The van der Waals surface area contributed by atoms with Crippen LogP contribution in [0.1, 0.15) is 11.1 Å². The number of rotatable bonds is 4. The Bertz CT molecular complexity index is 480. The second-order valence-corrected chi connectivity index (χ2v) is 4.13. The van der Waals surface area contributed by atoms with Crippen molar-refractivity contribution in [2.75, 3.05) is 11.9 Å². The van der Waals surface area contributed by atoms with Gasteiger partial charge in [-0.15, -0.1) is 0 Å². The lowest BCUT2D eigenvalue weighted by Crippen LogP contribution is -1.99. The van der Waals surface area contributed by atoms with Gasteiger partial charge >= 0.3 is 0 Å². The van der Waals surface area contributed by atoms with Crippen molar-refractivity contribution in [3.63, 3.8) is 0 Å². The Morgan fingerprint density at radius 3 is 2.53 bits per heavy atom. The van der Waals surface area contributed by atoms with Crippen LogP contribution in [0.5, 0.6) is 0 Å². The first kappa shape index (κ1) is 11.7. The number of nitrogens with one attached hydrogen (secondary N) is 1. The molecule has 2 heteroatoms. The summed E-state index contributed by atoms with van der Waals surface area (Å²) in [5.41, 5.74) is 4.50. The van der Waals surface area contributed by atoms with Crippen LogP contribution >= 0.6 is 0 Å². The average molecular weight is 227 g/mol. The highest BCUT2D eigenvalue weighted by molar-refractivity contribution is 5.64. The number of aryl methyl sites for hydroxylation is 1. The van der Waals surface area contributed by atoms with Crippen molar-refractivity contribution < 1.29 is 5.11 Å². The molecule has 0 saturated heterocycles. The number of para-hydroxylation sites is 1. The lowest BCUT2D eigenvalue weighted by Gasteiger charge is -2.12. The number of hydrogen-bond donors (Lipinski definition) is 2. The molecular formula is C15H17NO. The van der Waals surface area contributed by atoms with E-state index in [2.05, 4.69) is 30.4 Å². The van der Waals surface area contributed by atoms with Crippen LogP contribution < -0.4 is 5.32 Å². The Morgan fingerprint density at radius 1 is 1.06 bits per heavy atom. The van der Waals surface area contributed by atoms with E-state index in [9.17, 15) is 0 Å². The molecule has 0 saturated carbocycles. The van der Waals surface area contributed by atoms with Crippen LogP contribution in [-0.4, -0.2) is 11.7 Å². The summed E-state index contributed by atoms with van der Waals surface area (Å²) in [5, 5.41) is 12.4. The zero-order chi connectivity index (χ0) is 12.1. The van der Waals surface area contributed by atoms with Crippen LogP contribution in [0.25, 0.3) is 0 Å². The summed E-state index contributed by atoms with van der Waals surface area (Å²) in [6, 6.07) is 16.3. The monoisotopic (exact) mass is 227 g/mol. The van der Waals surface area contributed by atoms with Gasteiger partial charge in [0.25, 0.3) is 0 Å². The molecule has 2 aromatic carbocycles. The molecule has 0 amide bonds. The number of benzene rings is 2. The minimum atomic E-state index is 0.173. The summed E-state index contributed by atoms with van der Waals surface area (Å²) in [5.74, 6) is 0. The first-order chi connectivity index (χ1) is 8.29. The smallest absolute Gasteiger partial charge is 0.0472 e. The van der Waals surface area contributed by atoms with E-state index < -0.39 is 0 Å². The highest BCUT2D eigenvalue weighted by Gasteiger charge is 2.02. The van der Waals surface area contributed by atoms with E-state index in [1.165, 1.54) is 5.56 Å². The van der Waals surface area contributed by atoms with Gasteiger partial charge in [0.05, 0.1) is 0 Å². The quantitative estimate of drug-likeness (QED) is 0.840. The van der Waals surface area contributed by atoms with Gasteiger partial charge in [0.15, 0.2) is 0 Å². The average Bonchev–Trinajstić information content (AvgIpc) is 2.34. The summed E-state index contributed by atoms with van der Waals surface area (Å²) in [6.07, 6.45) is 0.676. The first-order valence-corrected chi connectivity index (χ1v) is 5.82. The molecule has 0 bridgehead atoms. The highest BCUT2D eigenvalue weighted by atomic mass is 16.2. The molecule has 0 unspecified atom stereocenters. The fraction of sp³-hybridized carbons (Fsp3) is 0.200. The molecule has 0 aliphatic carbocycles. The van der Waals surface area contributed by atoms with E-state index in [1.807, 2.05) is 30.3 Å². The third-order valence-electron chi connectivity index (χ3n) is 2.70. The molecule has 2 N–H and O–H groups in total. The van der Waals surface area contributed by atoms with Crippen LogP contribution in [0.15, 0.2) is 48.5 Å². The SMILES string of the molecule is Cc1ccc(CCO)c(Nc2ccccc2)c1. The van der Waals surface area contributed by atoms with Gasteiger partial charge in [-0.05, 0) is 42.7 Å². The van der Waals surface area contributed by atoms with Gasteiger partial charge in [0, 0.05) is 18.0 Å². The van der Waals surface area contributed by atoms with Crippen molar-refractivity contribution in [2.45, 2.75) is 13.3 Å². The first-order valence-electron chi connectivity index (χ1n) is 5.82. The van der Waals surface area contributed by atoms with Crippen molar-refractivity contribution in [3.8, 4) is 0 Å². The maximum atomic E-state index is 9.05. The summed E-state index contributed by atoms with van der Waals surface area (Å²) in [6.45, 7) is 2.24. The molecule has 2 nitrogen and oxygen atoms in total. The summed E-state index contributed by atoms with van der Waals surface area (Å²) < 4.78 is 0. The third kappa shape index (κ3) is 3.08. The highest BCUT2D eigenvalue weighted by Crippen LogP contribution is 2.22. The lowest BCUT2D eigenvalue weighted by molar-refractivity contribution is 0.300. The number of anilines is 2. The zero-order valence-electron chi connectivity index (χ0n) is 9.98. The Morgan fingerprint density at radius 2 is 1.82 bits per heavy atom. The molecule has 0 radical (unpaired) electrons. The van der Waals surface area contributed by atoms with E-state index in [0.717, 1.165) is 16.9 Å².